The summed E-state index contributed by atoms with van der Waals surface area (Å²) in [6.45, 7) is 2.84. The van der Waals surface area contributed by atoms with Crippen LogP contribution in [0.4, 0.5) is 0 Å². The second-order valence-electron chi connectivity index (χ2n) is 7.01. The van der Waals surface area contributed by atoms with Crippen LogP contribution in [-0.2, 0) is 9.47 Å². The molecule has 1 unspecified atom stereocenters. The normalized spacial score (nSPS) is 30.9. The van der Waals surface area contributed by atoms with Gasteiger partial charge in [-0.1, -0.05) is 32.1 Å². The molecule has 3 fully saturated rings. The maximum absolute atomic E-state index is 6.15. The lowest BCUT2D eigenvalue weighted by Gasteiger charge is -2.43. The standard InChI is InChI=1S/C17H31NO2/c1-4-9-17(10-5-1)14-15(8-12-20-17)18-11-13-19-16-6-2-3-7-16/h15-16,18H,1-14H2. The molecule has 1 heterocycles. The molecular weight excluding hydrogens is 250 g/mol. The van der Waals surface area contributed by atoms with Crippen LogP contribution in [0.15, 0.2) is 0 Å². The zero-order valence-corrected chi connectivity index (χ0v) is 12.9. The zero-order valence-electron chi connectivity index (χ0n) is 12.9. The summed E-state index contributed by atoms with van der Waals surface area (Å²) >= 11 is 0. The Bertz CT molecular complexity index is 277. The van der Waals surface area contributed by atoms with Crippen molar-refractivity contribution in [1.82, 2.24) is 5.32 Å². The molecule has 1 spiro atoms. The highest BCUT2D eigenvalue weighted by atomic mass is 16.5. The number of ether oxygens (including phenoxy) is 2. The molecule has 20 heavy (non-hydrogen) atoms. The zero-order chi connectivity index (χ0) is 13.7. The summed E-state index contributed by atoms with van der Waals surface area (Å²) in [4.78, 5) is 0. The highest BCUT2D eigenvalue weighted by Gasteiger charge is 2.38. The SMILES string of the molecule is C1CCC2(CC1)CC(NCCOC1CCCC1)CCO2. The van der Waals surface area contributed by atoms with E-state index >= 15 is 0 Å². The van der Waals surface area contributed by atoms with Crippen molar-refractivity contribution in [3.8, 4) is 0 Å². The van der Waals surface area contributed by atoms with Gasteiger partial charge in [-0.25, -0.2) is 0 Å². The lowest BCUT2D eigenvalue weighted by molar-refractivity contribution is -0.109. The highest BCUT2D eigenvalue weighted by Crippen LogP contribution is 2.38. The summed E-state index contributed by atoms with van der Waals surface area (Å²) in [5.41, 5.74) is 0.223. The molecule has 1 N–H and O–H groups in total. The average molecular weight is 281 g/mol. The van der Waals surface area contributed by atoms with Crippen LogP contribution in [0.2, 0.25) is 0 Å². The minimum atomic E-state index is 0.223. The van der Waals surface area contributed by atoms with Crippen molar-refractivity contribution < 1.29 is 9.47 Å². The van der Waals surface area contributed by atoms with E-state index < -0.39 is 0 Å². The molecule has 3 nitrogen and oxygen atoms in total. The maximum atomic E-state index is 6.15. The molecule has 0 radical (unpaired) electrons. The molecule has 3 aliphatic rings. The summed E-state index contributed by atoms with van der Waals surface area (Å²) in [5, 5.41) is 3.71. The predicted octanol–water partition coefficient (Wildman–Crippen LogP) is 3.42. The van der Waals surface area contributed by atoms with Gasteiger partial charge in [-0.15, -0.1) is 0 Å². The molecule has 116 valence electrons. The maximum Gasteiger partial charge on any atom is 0.0697 e. The Morgan fingerprint density at radius 1 is 1.00 bits per heavy atom. The van der Waals surface area contributed by atoms with E-state index in [2.05, 4.69) is 5.32 Å². The van der Waals surface area contributed by atoms with Crippen molar-refractivity contribution in [3.05, 3.63) is 0 Å². The van der Waals surface area contributed by atoms with E-state index in [0.717, 1.165) is 19.8 Å². The fourth-order valence-electron chi connectivity index (χ4n) is 4.29. The van der Waals surface area contributed by atoms with Crippen molar-refractivity contribution in [2.24, 2.45) is 0 Å². The summed E-state index contributed by atoms with van der Waals surface area (Å²) in [6, 6.07) is 0.647. The highest BCUT2D eigenvalue weighted by molar-refractivity contribution is 4.92. The van der Waals surface area contributed by atoms with Crippen molar-refractivity contribution in [3.63, 3.8) is 0 Å². The molecule has 0 aromatic heterocycles. The summed E-state index contributed by atoms with van der Waals surface area (Å²) in [7, 11) is 0. The third-order valence-electron chi connectivity index (χ3n) is 5.45. The van der Waals surface area contributed by atoms with Crippen LogP contribution >= 0.6 is 0 Å². The molecule has 3 heteroatoms. The Hall–Kier alpha value is -0.120. The van der Waals surface area contributed by atoms with Gasteiger partial charge in [0.15, 0.2) is 0 Å². The Labute approximate surface area is 123 Å². The molecule has 0 bridgehead atoms. The first-order valence-electron chi connectivity index (χ1n) is 8.85. The van der Waals surface area contributed by atoms with Crippen LogP contribution in [0, 0.1) is 0 Å². The largest absolute Gasteiger partial charge is 0.377 e. The number of hydrogen-bond acceptors (Lipinski definition) is 3. The Kier molecular flexibility index (Phi) is 5.36. The van der Waals surface area contributed by atoms with Crippen molar-refractivity contribution >= 4 is 0 Å². The van der Waals surface area contributed by atoms with Gasteiger partial charge >= 0.3 is 0 Å². The van der Waals surface area contributed by atoms with Gasteiger partial charge in [0, 0.05) is 19.2 Å². The van der Waals surface area contributed by atoms with Gasteiger partial charge in [0.25, 0.3) is 0 Å². The third kappa shape index (κ3) is 3.96. The van der Waals surface area contributed by atoms with E-state index in [1.54, 1.807) is 0 Å². The second-order valence-corrected chi connectivity index (χ2v) is 7.01. The fraction of sp³-hybridized carbons (Fsp3) is 1.00. The average Bonchev–Trinajstić information content (AvgIpc) is 2.98. The molecule has 0 amide bonds. The molecule has 3 rings (SSSR count). The van der Waals surface area contributed by atoms with E-state index in [0.29, 0.717) is 12.1 Å². The van der Waals surface area contributed by atoms with Crippen molar-refractivity contribution in [2.45, 2.75) is 88.4 Å². The first-order valence-corrected chi connectivity index (χ1v) is 8.85. The molecule has 1 aliphatic heterocycles. The lowest BCUT2D eigenvalue weighted by atomic mass is 9.78. The summed E-state index contributed by atoms with van der Waals surface area (Å²) in [6.07, 6.45) is 14.9. The Morgan fingerprint density at radius 2 is 1.80 bits per heavy atom. The van der Waals surface area contributed by atoms with Crippen LogP contribution in [0.3, 0.4) is 0 Å². The minimum absolute atomic E-state index is 0.223. The van der Waals surface area contributed by atoms with Crippen LogP contribution in [-0.4, -0.2) is 37.5 Å². The monoisotopic (exact) mass is 281 g/mol. The fourth-order valence-corrected chi connectivity index (χ4v) is 4.29. The Balaban J connectivity index is 1.34. The van der Waals surface area contributed by atoms with Crippen LogP contribution in [0.1, 0.15) is 70.6 Å². The van der Waals surface area contributed by atoms with Gasteiger partial charge < -0.3 is 14.8 Å². The van der Waals surface area contributed by atoms with Crippen LogP contribution < -0.4 is 5.32 Å². The number of nitrogens with one attached hydrogen (secondary N) is 1. The van der Waals surface area contributed by atoms with Gasteiger partial charge in [-0.05, 0) is 38.5 Å². The Morgan fingerprint density at radius 3 is 2.60 bits per heavy atom. The van der Waals surface area contributed by atoms with Gasteiger partial charge in [0.2, 0.25) is 0 Å². The summed E-state index contributed by atoms with van der Waals surface area (Å²) < 4.78 is 12.1. The van der Waals surface area contributed by atoms with Gasteiger partial charge in [0.1, 0.15) is 0 Å². The van der Waals surface area contributed by atoms with Crippen LogP contribution in [0.5, 0.6) is 0 Å². The van der Waals surface area contributed by atoms with E-state index in [1.165, 1.54) is 70.6 Å². The molecule has 0 aromatic carbocycles. The van der Waals surface area contributed by atoms with Gasteiger partial charge in [0.05, 0.1) is 18.3 Å². The van der Waals surface area contributed by atoms with Gasteiger partial charge in [-0.3, -0.25) is 0 Å². The third-order valence-corrected chi connectivity index (χ3v) is 5.45. The van der Waals surface area contributed by atoms with Crippen molar-refractivity contribution in [1.29, 1.82) is 0 Å². The first kappa shape index (κ1) is 14.8. The molecular formula is C17H31NO2. The van der Waals surface area contributed by atoms with E-state index in [9.17, 15) is 0 Å². The predicted molar refractivity (Wildman–Crippen MR) is 81.0 cm³/mol. The number of hydrogen-bond donors (Lipinski definition) is 1. The molecule has 0 aromatic rings. The molecule has 1 atom stereocenters. The summed E-state index contributed by atoms with van der Waals surface area (Å²) in [5.74, 6) is 0. The molecule has 2 aliphatic carbocycles. The van der Waals surface area contributed by atoms with E-state index in [-0.39, 0.29) is 5.60 Å². The van der Waals surface area contributed by atoms with Crippen molar-refractivity contribution in [2.75, 3.05) is 19.8 Å². The number of rotatable bonds is 5. The van der Waals surface area contributed by atoms with E-state index in [4.69, 9.17) is 9.47 Å². The lowest BCUT2D eigenvalue weighted by Crippen LogP contribution is -2.48. The van der Waals surface area contributed by atoms with Gasteiger partial charge in [-0.2, -0.15) is 0 Å². The minimum Gasteiger partial charge on any atom is -0.377 e. The topological polar surface area (TPSA) is 30.5 Å². The molecule has 2 saturated carbocycles. The smallest absolute Gasteiger partial charge is 0.0697 e. The second kappa shape index (κ2) is 7.24. The quantitative estimate of drug-likeness (QED) is 0.783. The van der Waals surface area contributed by atoms with Crippen LogP contribution in [0.25, 0.3) is 0 Å². The molecule has 1 saturated heterocycles. The van der Waals surface area contributed by atoms with E-state index in [1.807, 2.05) is 0 Å². The first-order chi connectivity index (χ1) is 9.86.